The molecule has 0 aliphatic carbocycles. The molecule has 0 N–H and O–H groups in total. The third-order valence-electron chi connectivity index (χ3n) is 4.09. The van der Waals surface area contributed by atoms with E-state index in [1.165, 1.54) is 11.3 Å². The average molecular weight is 340 g/mol. The second kappa shape index (κ2) is 8.09. The minimum atomic E-state index is 0.00933. The van der Waals surface area contributed by atoms with Crippen LogP contribution < -0.4 is 0 Å². The van der Waals surface area contributed by atoms with Crippen LogP contribution in [0.3, 0.4) is 0 Å². The smallest absolute Gasteiger partial charge is 0.273 e. The maximum Gasteiger partial charge on any atom is 0.273 e. The van der Waals surface area contributed by atoms with Crippen molar-refractivity contribution >= 4 is 17.2 Å². The second-order valence-corrected chi connectivity index (χ2v) is 6.74. The van der Waals surface area contributed by atoms with Crippen LogP contribution in [0.5, 0.6) is 0 Å². The summed E-state index contributed by atoms with van der Waals surface area (Å²) < 4.78 is 5.43. The first-order chi connectivity index (χ1) is 11.8. The summed E-state index contributed by atoms with van der Waals surface area (Å²) in [6, 6.07) is 9.94. The molecule has 2 aromatic rings. The van der Waals surface area contributed by atoms with E-state index in [1.54, 1.807) is 0 Å². The molecule has 1 atom stereocenters. The summed E-state index contributed by atoms with van der Waals surface area (Å²) in [6.45, 7) is 2.43. The number of aromatic nitrogens is 1. The molecule has 1 aliphatic heterocycles. The van der Waals surface area contributed by atoms with Crippen LogP contribution in [-0.4, -0.2) is 42.1 Å². The van der Waals surface area contributed by atoms with Gasteiger partial charge in [0.25, 0.3) is 5.91 Å². The van der Waals surface area contributed by atoms with E-state index in [4.69, 9.17) is 11.2 Å². The highest BCUT2D eigenvalue weighted by Crippen LogP contribution is 2.25. The molecule has 0 radical (unpaired) electrons. The summed E-state index contributed by atoms with van der Waals surface area (Å²) in [7, 11) is 0. The normalized spacial score (nSPS) is 17.5. The Morgan fingerprint density at radius 3 is 3.04 bits per heavy atom. The van der Waals surface area contributed by atoms with E-state index in [0.29, 0.717) is 31.4 Å². The average Bonchev–Trinajstić information content (AvgIpc) is 3.12. The fourth-order valence-electron chi connectivity index (χ4n) is 2.92. The molecule has 5 heteroatoms. The van der Waals surface area contributed by atoms with Gasteiger partial charge in [0.1, 0.15) is 17.3 Å². The number of carbonyl (C=O) groups is 1. The van der Waals surface area contributed by atoms with Crippen LogP contribution in [0.1, 0.15) is 23.3 Å². The van der Waals surface area contributed by atoms with Crippen molar-refractivity contribution in [1.82, 2.24) is 9.88 Å². The molecule has 1 fully saturated rings. The first kappa shape index (κ1) is 16.7. The quantitative estimate of drug-likeness (QED) is 0.619. The van der Waals surface area contributed by atoms with Crippen molar-refractivity contribution in [3.8, 4) is 22.9 Å². The molecule has 0 bridgehead atoms. The van der Waals surface area contributed by atoms with Crippen molar-refractivity contribution in [3.05, 3.63) is 41.4 Å². The number of carbonyl (C=O) groups excluding carboxylic acids is 1. The van der Waals surface area contributed by atoms with E-state index in [9.17, 15) is 4.79 Å². The maximum absolute atomic E-state index is 12.7. The van der Waals surface area contributed by atoms with E-state index < -0.39 is 0 Å². The largest absolute Gasteiger partial charge is 0.368 e. The molecule has 1 aromatic heterocycles. The monoisotopic (exact) mass is 340 g/mol. The van der Waals surface area contributed by atoms with Gasteiger partial charge in [0.05, 0.1) is 6.61 Å². The molecule has 1 aliphatic rings. The predicted octanol–water partition coefficient (Wildman–Crippen LogP) is 3.31. The molecule has 24 heavy (non-hydrogen) atoms. The molecular weight excluding hydrogens is 320 g/mol. The Bertz CT molecular complexity index is 720. The summed E-state index contributed by atoms with van der Waals surface area (Å²) in [5, 5.41) is 2.73. The molecule has 1 unspecified atom stereocenters. The van der Waals surface area contributed by atoms with Crippen LogP contribution in [-0.2, 0) is 4.74 Å². The molecule has 3 rings (SSSR count). The van der Waals surface area contributed by atoms with Gasteiger partial charge in [-0.1, -0.05) is 36.3 Å². The Labute approximate surface area is 146 Å². The zero-order valence-electron chi connectivity index (χ0n) is 13.5. The number of hydrogen-bond donors (Lipinski definition) is 0. The van der Waals surface area contributed by atoms with E-state index in [-0.39, 0.29) is 5.91 Å². The Hall–Kier alpha value is -2.16. The number of piperidine rings is 1. The Morgan fingerprint density at radius 1 is 1.42 bits per heavy atom. The van der Waals surface area contributed by atoms with Gasteiger partial charge in [0.2, 0.25) is 0 Å². The minimum absolute atomic E-state index is 0.00933. The minimum Gasteiger partial charge on any atom is -0.368 e. The van der Waals surface area contributed by atoms with Crippen molar-refractivity contribution in [1.29, 1.82) is 0 Å². The van der Waals surface area contributed by atoms with Crippen LogP contribution >= 0.6 is 11.3 Å². The number of likely N-dealkylation sites (tertiary alicyclic amines) is 1. The van der Waals surface area contributed by atoms with Gasteiger partial charge in [0.15, 0.2) is 0 Å². The number of amides is 1. The number of ether oxygens (including phenoxy) is 1. The lowest BCUT2D eigenvalue weighted by atomic mass is 9.99. The molecule has 2 heterocycles. The molecule has 124 valence electrons. The van der Waals surface area contributed by atoms with Crippen LogP contribution in [0.4, 0.5) is 0 Å². The first-order valence-electron chi connectivity index (χ1n) is 8.09. The zero-order chi connectivity index (χ0) is 16.8. The Morgan fingerprint density at radius 2 is 2.25 bits per heavy atom. The molecule has 1 amide bonds. The lowest BCUT2D eigenvalue weighted by Gasteiger charge is -2.32. The summed E-state index contributed by atoms with van der Waals surface area (Å²) in [6.07, 6.45) is 7.26. The van der Waals surface area contributed by atoms with Crippen molar-refractivity contribution in [3.63, 3.8) is 0 Å². The Balaban J connectivity index is 1.64. The summed E-state index contributed by atoms with van der Waals surface area (Å²) >= 11 is 1.51. The van der Waals surface area contributed by atoms with E-state index in [2.05, 4.69) is 10.9 Å². The van der Waals surface area contributed by atoms with Gasteiger partial charge >= 0.3 is 0 Å². The molecule has 0 saturated carbocycles. The number of hydrogen-bond acceptors (Lipinski definition) is 4. The van der Waals surface area contributed by atoms with E-state index in [1.807, 2.05) is 40.6 Å². The highest BCUT2D eigenvalue weighted by Gasteiger charge is 2.26. The highest BCUT2D eigenvalue weighted by molar-refractivity contribution is 7.13. The summed E-state index contributed by atoms with van der Waals surface area (Å²) in [5.74, 6) is 2.83. The topological polar surface area (TPSA) is 42.4 Å². The second-order valence-electron chi connectivity index (χ2n) is 5.88. The standard InChI is InChI=1S/C19H20N2O2S/c1-2-11-23-13-15-7-6-10-21(12-15)19(22)17-14-24-18(20-17)16-8-4-3-5-9-16/h1,3-5,8-9,14-15H,6-7,10-13H2. The Kier molecular flexibility index (Phi) is 5.63. The van der Waals surface area contributed by atoms with Crippen LogP contribution in [0.15, 0.2) is 35.7 Å². The van der Waals surface area contributed by atoms with Crippen molar-refractivity contribution < 1.29 is 9.53 Å². The number of terminal acetylenes is 1. The summed E-state index contributed by atoms with van der Waals surface area (Å²) in [4.78, 5) is 19.1. The number of benzene rings is 1. The number of rotatable bonds is 5. The van der Waals surface area contributed by atoms with Gasteiger partial charge < -0.3 is 9.64 Å². The van der Waals surface area contributed by atoms with E-state index in [0.717, 1.165) is 30.0 Å². The molecule has 4 nitrogen and oxygen atoms in total. The third-order valence-corrected chi connectivity index (χ3v) is 4.98. The first-order valence-corrected chi connectivity index (χ1v) is 8.97. The fourth-order valence-corrected chi connectivity index (χ4v) is 3.72. The third kappa shape index (κ3) is 4.02. The van der Waals surface area contributed by atoms with Gasteiger partial charge in [-0.15, -0.1) is 17.8 Å². The predicted molar refractivity (Wildman–Crippen MR) is 95.8 cm³/mol. The van der Waals surface area contributed by atoms with Crippen molar-refractivity contribution in [2.24, 2.45) is 5.92 Å². The molecule has 0 spiro atoms. The van der Waals surface area contributed by atoms with E-state index >= 15 is 0 Å². The number of nitrogens with zero attached hydrogens (tertiary/aromatic N) is 2. The molecule has 1 aromatic carbocycles. The SMILES string of the molecule is C#CCOCC1CCCN(C(=O)c2csc(-c3ccccc3)n2)C1. The van der Waals surface area contributed by atoms with Crippen molar-refractivity contribution in [2.45, 2.75) is 12.8 Å². The molecular formula is C19H20N2O2S. The van der Waals surface area contributed by atoms with Gasteiger partial charge in [-0.25, -0.2) is 4.98 Å². The van der Waals surface area contributed by atoms with Gasteiger partial charge in [0, 0.05) is 30.0 Å². The van der Waals surface area contributed by atoms with Gasteiger partial charge in [-0.2, -0.15) is 0 Å². The van der Waals surface area contributed by atoms with Crippen LogP contribution in [0.2, 0.25) is 0 Å². The van der Waals surface area contributed by atoms with Crippen molar-refractivity contribution in [2.75, 3.05) is 26.3 Å². The lowest BCUT2D eigenvalue weighted by Crippen LogP contribution is -2.41. The maximum atomic E-state index is 12.7. The van der Waals surface area contributed by atoms with Gasteiger partial charge in [-0.3, -0.25) is 4.79 Å². The highest BCUT2D eigenvalue weighted by atomic mass is 32.1. The van der Waals surface area contributed by atoms with Gasteiger partial charge in [-0.05, 0) is 12.8 Å². The zero-order valence-corrected chi connectivity index (χ0v) is 14.3. The van der Waals surface area contributed by atoms with Crippen LogP contribution in [0.25, 0.3) is 10.6 Å². The number of thiazole rings is 1. The lowest BCUT2D eigenvalue weighted by molar-refractivity contribution is 0.0530. The summed E-state index contributed by atoms with van der Waals surface area (Å²) in [5.41, 5.74) is 1.57. The fraction of sp³-hybridized carbons (Fsp3) is 0.368. The molecule has 1 saturated heterocycles. The van der Waals surface area contributed by atoms with Crippen LogP contribution in [0, 0.1) is 18.3 Å².